The van der Waals surface area contributed by atoms with Crippen molar-refractivity contribution < 1.29 is 19.1 Å². The third kappa shape index (κ3) is 3.56. The number of hydrogen-bond acceptors (Lipinski definition) is 4. The lowest BCUT2D eigenvalue weighted by atomic mass is 9.76. The van der Waals surface area contributed by atoms with Crippen molar-refractivity contribution in [1.82, 2.24) is 0 Å². The van der Waals surface area contributed by atoms with Crippen molar-refractivity contribution in [3.63, 3.8) is 0 Å². The van der Waals surface area contributed by atoms with Gasteiger partial charge in [0.2, 0.25) is 11.8 Å². The number of imide groups is 1. The van der Waals surface area contributed by atoms with Crippen LogP contribution >= 0.6 is 11.6 Å². The highest BCUT2D eigenvalue weighted by atomic mass is 35.5. The maximum atomic E-state index is 13.1. The van der Waals surface area contributed by atoms with Crippen molar-refractivity contribution in [2.24, 2.45) is 17.8 Å². The van der Waals surface area contributed by atoms with Gasteiger partial charge in [0.05, 0.1) is 35.9 Å². The van der Waals surface area contributed by atoms with Crippen LogP contribution in [-0.4, -0.2) is 24.8 Å². The highest BCUT2D eigenvalue weighted by molar-refractivity contribution is 6.31. The number of nitrogens with one attached hydrogen (secondary N) is 1. The van der Waals surface area contributed by atoms with Gasteiger partial charge in [0.1, 0.15) is 5.75 Å². The molecule has 2 fully saturated rings. The van der Waals surface area contributed by atoms with Gasteiger partial charge >= 0.3 is 0 Å². The normalized spacial score (nSPS) is 23.3. The molecule has 0 aromatic heterocycles. The van der Waals surface area contributed by atoms with Crippen LogP contribution in [0.25, 0.3) is 0 Å². The number of nitrogens with zero attached hydrogens (tertiary/aromatic N) is 1. The van der Waals surface area contributed by atoms with Crippen LogP contribution in [0.2, 0.25) is 5.02 Å². The van der Waals surface area contributed by atoms with Gasteiger partial charge in [-0.2, -0.15) is 0 Å². The first-order chi connectivity index (χ1) is 14.4. The molecule has 1 aliphatic carbocycles. The molecule has 1 saturated carbocycles. The van der Waals surface area contributed by atoms with Gasteiger partial charge in [-0.1, -0.05) is 30.7 Å². The molecule has 4 rings (SSSR count). The summed E-state index contributed by atoms with van der Waals surface area (Å²) in [5.41, 5.74) is 0.965. The van der Waals surface area contributed by atoms with E-state index >= 15 is 0 Å². The summed E-state index contributed by atoms with van der Waals surface area (Å²) in [4.78, 5) is 40.5. The fourth-order valence-corrected chi connectivity index (χ4v) is 4.63. The first kappa shape index (κ1) is 20.4. The molecular formula is C23H23ClN2O4. The molecule has 6 nitrogen and oxygen atoms in total. The average Bonchev–Trinajstić information content (AvgIpc) is 2.97. The molecule has 0 spiro atoms. The molecule has 30 heavy (non-hydrogen) atoms. The molecule has 2 aromatic rings. The van der Waals surface area contributed by atoms with Gasteiger partial charge in [-0.15, -0.1) is 0 Å². The Morgan fingerprint density at radius 1 is 1.10 bits per heavy atom. The van der Waals surface area contributed by atoms with Crippen LogP contribution in [0.5, 0.6) is 5.75 Å². The van der Waals surface area contributed by atoms with Crippen molar-refractivity contribution in [1.29, 1.82) is 0 Å². The molecule has 1 saturated heterocycles. The van der Waals surface area contributed by atoms with Gasteiger partial charge in [-0.25, -0.2) is 4.90 Å². The van der Waals surface area contributed by atoms with E-state index in [9.17, 15) is 14.4 Å². The minimum atomic E-state index is -0.449. The Balaban J connectivity index is 1.67. The number of ether oxygens (including phenoxy) is 1. The monoisotopic (exact) mass is 426 g/mol. The van der Waals surface area contributed by atoms with E-state index < -0.39 is 5.91 Å². The van der Waals surface area contributed by atoms with Gasteiger partial charge in [0.15, 0.2) is 0 Å². The predicted molar refractivity (Wildman–Crippen MR) is 115 cm³/mol. The highest BCUT2D eigenvalue weighted by Gasteiger charge is 2.50. The summed E-state index contributed by atoms with van der Waals surface area (Å²) in [5, 5.41) is 3.23. The summed E-state index contributed by atoms with van der Waals surface area (Å²) in [6, 6.07) is 11.6. The summed E-state index contributed by atoms with van der Waals surface area (Å²) < 4.78 is 5.28. The van der Waals surface area contributed by atoms with Crippen molar-refractivity contribution in [3.05, 3.63) is 53.1 Å². The molecule has 0 unspecified atom stereocenters. The second-order valence-corrected chi connectivity index (χ2v) is 8.40. The molecule has 3 amide bonds. The third-order valence-corrected chi connectivity index (χ3v) is 6.22. The lowest BCUT2D eigenvalue weighted by molar-refractivity contribution is -0.122. The van der Waals surface area contributed by atoms with Crippen molar-refractivity contribution in [2.45, 2.75) is 26.2 Å². The molecule has 2 aromatic carbocycles. The van der Waals surface area contributed by atoms with Crippen LogP contribution in [-0.2, 0) is 9.59 Å². The molecule has 0 radical (unpaired) electrons. The number of fused-ring (bicyclic) bond motifs is 1. The van der Waals surface area contributed by atoms with Crippen LogP contribution in [0.4, 0.5) is 11.4 Å². The first-order valence-corrected chi connectivity index (χ1v) is 10.4. The predicted octanol–water partition coefficient (Wildman–Crippen LogP) is 4.53. The minimum Gasteiger partial charge on any atom is -0.495 e. The third-order valence-electron chi connectivity index (χ3n) is 5.99. The maximum absolute atomic E-state index is 13.1. The Labute approximate surface area is 180 Å². The summed E-state index contributed by atoms with van der Waals surface area (Å²) in [6.45, 7) is 2.11. The van der Waals surface area contributed by atoms with E-state index in [1.54, 1.807) is 42.5 Å². The number of hydrogen-bond donors (Lipinski definition) is 1. The number of benzene rings is 2. The van der Waals surface area contributed by atoms with Gasteiger partial charge in [-0.3, -0.25) is 14.4 Å². The molecule has 1 N–H and O–H groups in total. The fourth-order valence-electron chi connectivity index (χ4n) is 4.46. The standard InChI is InChI=1S/C23H23ClN2O4/c1-13-7-9-15-17(11-13)23(29)26(22(15)28)19-6-4-3-5-16(19)21(27)25-18-12-14(24)8-10-20(18)30-2/h3-6,8,10,12-13,15,17H,7,9,11H2,1-2H3,(H,25,27)/t13-,15-,17+/m1/s1. The number of halogens is 1. The molecule has 1 aliphatic heterocycles. The number of methoxy groups -OCH3 is 1. The molecule has 1 heterocycles. The van der Waals surface area contributed by atoms with E-state index in [-0.39, 0.29) is 29.2 Å². The van der Waals surface area contributed by atoms with Crippen molar-refractivity contribution in [2.75, 3.05) is 17.3 Å². The highest BCUT2D eigenvalue weighted by Crippen LogP contribution is 2.43. The quantitative estimate of drug-likeness (QED) is 0.729. The second kappa shape index (κ2) is 8.11. The van der Waals surface area contributed by atoms with Crippen LogP contribution in [0.3, 0.4) is 0 Å². The Kier molecular flexibility index (Phi) is 5.52. The molecule has 3 atom stereocenters. The summed E-state index contributed by atoms with van der Waals surface area (Å²) >= 11 is 6.05. The smallest absolute Gasteiger partial charge is 0.257 e. The van der Waals surface area contributed by atoms with E-state index in [1.807, 2.05) is 0 Å². The lowest BCUT2D eigenvalue weighted by Gasteiger charge is -2.25. The van der Waals surface area contributed by atoms with Crippen LogP contribution in [0.1, 0.15) is 36.5 Å². The Morgan fingerprint density at radius 2 is 1.83 bits per heavy atom. The van der Waals surface area contributed by atoms with Gasteiger partial charge < -0.3 is 10.1 Å². The summed E-state index contributed by atoms with van der Waals surface area (Å²) in [5.74, 6) is -0.594. The molecule has 156 valence electrons. The Morgan fingerprint density at radius 3 is 2.60 bits per heavy atom. The molecule has 7 heteroatoms. The van der Waals surface area contributed by atoms with E-state index in [0.29, 0.717) is 40.9 Å². The van der Waals surface area contributed by atoms with Gasteiger partial charge in [0, 0.05) is 5.02 Å². The van der Waals surface area contributed by atoms with Gasteiger partial charge in [0.25, 0.3) is 5.91 Å². The zero-order valence-electron chi connectivity index (χ0n) is 16.9. The number of carbonyl (C=O) groups is 3. The summed E-state index contributed by atoms with van der Waals surface area (Å²) in [6.07, 6.45) is 2.35. The molecule has 0 bridgehead atoms. The van der Waals surface area contributed by atoms with Crippen LogP contribution in [0, 0.1) is 17.8 Å². The van der Waals surface area contributed by atoms with Gasteiger partial charge in [-0.05, 0) is 55.5 Å². The van der Waals surface area contributed by atoms with Crippen molar-refractivity contribution in [3.8, 4) is 5.75 Å². The van der Waals surface area contributed by atoms with E-state index in [1.165, 1.54) is 12.0 Å². The largest absolute Gasteiger partial charge is 0.495 e. The zero-order chi connectivity index (χ0) is 21.4. The molecular weight excluding hydrogens is 404 g/mol. The lowest BCUT2D eigenvalue weighted by Crippen LogP contribution is -2.33. The first-order valence-electron chi connectivity index (χ1n) is 10.0. The van der Waals surface area contributed by atoms with Crippen LogP contribution < -0.4 is 15.0 Å². The second-order valence-electron chi connectivity index (χ2n) is 7.96. The number of anilines is 2. The number of carbonyl (C=O) groups excluding carboxylic acids is 3. The Hall–Kier alpha value is -2.86. The number of rotatable bonds is 4. The number of amides is 3. The maximum Gasteiger partial charge on any atom is 0.257 e. The Bertz CT molecular complexity index is 1020. The summed E-state index contributed by atoms with van der Waals surface area (Å²) in [7, 11) is 1.50. The van der Waals surface area contributed by atoms with E-state index in [0.717, 1.165) is 6.42 Å². The minimum absolute atomic E-state index is 0.211. The van der Waals surface area contributed by atoms with Crippen LogP contribution in [0.15, 0.2) is 42.5 Å². The fraction of sp³-hybridized carbons (Fsp3) is 0.348. The van der Waals surface area contributed by atoms with E-state index in [2.05, 4.69) is 12.2 Å². The number of para-hydroxylation sites is 1. The zero-order valence-corrected chi connectivity index (χ0v) is 17.6. The van der Waals surface area contributed by atoms with E-state index in [4.69, 9.17) is 16.3 Å². The molecule has 2 aliphatic rings. The SMILES string of the molecule is COc1ccc(Cl)cc1NC(=O)c1ccccc1N1C(=O)[C@H]2C[C@H](C)CC[C@H]2C1=O. The average molecular weight is 427 g/mol. The topological polar surface area (TPSA) is 75.7 Å². The van der Waals surface area contributed by atoms with Crippen molar-refractivity contribution >= 4 is 40.7 Å².